The van der Waals surface area contributed by atoms with E-state index in [1.807, 2.05) is 18.2 Å². The molecule has 2 aliphatic heterocycles. The van der Waals surface area contributed by atoms with E-state index in [2.05, 4.69) is 20.5 Å². The van der Waals surface area contributed by atoms with Crippen molar-refractivity contribution in [3.63, 3.8) is 0 Å². The number of carbonyl (C=O) groups excluding carboxylic acids is 1. The topological polar surface area (TPSA) is 81.0 Å². The minimum absolute atomic E-state index is 0.0354. The molecule has 3 aromatic rings. The van der Waals surface area contributed by atoms with E-state index in [0.717, 1.165) is 44.2 Å². The Balaban J connectivity index is 1.37. The van der Waals surface area contributed by atoms with Gasteiger partial charge < -0.3 is 9.64 Å². The maximum absolute atomic E-state index is 13.8. The molecule has 162 valence electrons. The second kappa shape index (κ2) is 8.60. The molecule has 0 saturated carbocycles. The van der Waals surface area contributed by atoms with Crippen molar-refractivity contribution in [2.45, 2.75) is 44.4 Å². The van der Waals surface area contributed by atoms with E-state index in [4.69, 9.17) is 9.57 Å². The van der Waals surface area contributed by atoms with E-state index >= 15 is 0 Å². The lowest BCUT2D eigenvalue weighted by atomic mass is 10.0. The van der Waals surface area contributed by atoms with Crippen LogP contribution in [0.25, 0.3) is 5.65 Å². The molecule has 31 heavy (non-hydrogen) atoms. The van der Waals surface area contributed by atoms with Crippen LogP contribution in [0, 0.1) is 5.82 Å². The smallest absolute Gasteiger partial charge is 0.295 e. The molecule has 0 spiro atoms. The quantitative estimate of drug-likeness (QED) is 0.631. The van der Waals surface area contributed by atoms with Gasteiger partial charge in [0.15, 0.2) is 17.6 Å². The summed E-state index contributed by atoms with van der Waals surface area (Å²) in [5, 5.41) is 4.67. The molecule has 0 radical (unpaired) electrons. The first kappa shape index (κ1) is 19.9. The largest absolute Gasteiger partial charge is 0.350 e. The third-order valence-electron chi connectivity index (χ3n) is 5.78. The number of benzene rings is 1. The standard InChI is InChI=1S/C22H24FN5O3/c23-16-6-3-5-15(13-16)17-7-4-11-27(17)20-10-9-19-24-14-18(28(19)25-20)22(29)26-31-21-8-1-2-12-30-21/h3,5-6,9-10,13-14,17,21H,1-2,4,7-8,11-12H2,(H,26,29). The van der Waals surface area contributed by atoms with E-state index in [1.165, 1.54) is 16.8 Å². The van der Waals surface area contributed by atoms with E-state index in [9.17, 15) is 9.18 Å². The predicted octanol–water partition coefficient (Wildman–Crippen LogP) is 3.40. The molecule has 2 unspecified atom stereocenters. The van der Waals surface area contributed by atoms with Crippen molar-refractivity contribution in [3.8, 4) is 0 Å². The summed E-state index contributed by atoms with van der Waals surface area (Å²) in [4.78, 5) is 24.5. The summed E-state index contributed by atoms with van der Waals surface area (Å²) in [5.74, 6) is 0.0283. The average molecular weight is 425 g/mol. The Labute approximate surface area is 178 Å². The van der Waals surface area contributed by atoms with Crippen LogP contribution in [-0.4, -0.2) is 39.9 Å². The van der Waals surface area contributed by atoms with Crippen molar-refractivity contribution >= 4 is 17.4 Å². The summed E-state index contributed by atoms with van der Waals surface area (Å²) >= 11 is 0. The number of anilines is 1. The zero-order chi connectivity index (χ0) is 21.2. The number of carbonyl (C=O) groups is 1. The number of nitrogens with one attached hydrogen (secondary N) is 1. The number of nitrogens with zero attached hydrogens (tertiary/aromatic N) is 4. The Morgan fingerprint density at radius 2 is 2.13 bits per heavy atom. The highest BCUT2D eigenvalue weighted by Crippen LogP contribution is 2.35. The molecular weight excluding hydrogens is 401 g/mol. The molecule has 2 aromatic heterocycles. The fraction of sp³-hybridized carbons (Fsp3) is 0.409. The monoisotopic (exact) mass is 425 g/mol. The van der Waals surface area contributed by atoms with Gasteiger partial charge in [0.1, 0.15) is 11.6 Å². The second-order valence-electron chi connectivity index (χ2n) is 7.86. The van der Waals surface area contributed by atoms with Gasteiger partial charge in [-0.25, -0.2) is 24.2 Å². The maximum atomic E-state index is 13.8. The van der Waals surface area contributed by atoms with Crippen LogP contribution in [0.2, 0.25) is 0 Å². The van der Waals surface area contributed by atoms with Crippen LogP contribution in [0.15, 0.2) is 42.6 Å². The summed E-state index contributed by atoms with van der Waals surface area (Å²) in [6.07, 6.45) is 5.68. The Morgan fingerprint density at radius 1 is 1.19 bits per heavy atom. The molecule has 1 amide bonds. The summed E-state index contributed by atoms with van der Waals surface area (Å²) < 4.78 is 20.7. The number of hydrogen-bond acceptors (Lipinski definition) is 6. The lowest BCUT2D eigenvalue weighted by Crippen LogP contribution is -2.33. The number of fused-ring (bicyclic) bond motifs is 1. The molecule has 2 atom stereocenters. The Hall–Kier alpha value is -3.04. The molecule has 5 rings (SSSR count). The lowest BCUT2D eigenvalue weighted by Gasteiger charge is -2.26. The summed E-state index contributed by atoms with van der Waals surface area (Å²) in [5.41, 5.74) is 4.21. The van der Waals surface area contributed by atoms with E-state index in [-0.39, 0.29) is 17.6 Å². The molecule has 4 heterocycles. The number of hydrogen-bond donors (Lipinski definition) is 1. The molecule has 1 aromatic carbocycles. The molecule has 1 N–H and O–H groups in total. The van der Waals surface area contributed by atoms with E-state index in [0.29, 0.717) is 18.1 Å². The summed E-state index contributed by atoms with van der Waals surface area (Å²) in [7, 11) is 0. The number of imidazole rings is 1. The second-order valence-corrected chi connectivity index (χ2v) is 7.86. The van der Waals surface area contributed by atoms with Gasteiger partial charge in [0.05, 0.1) is 12.2 Å². The van der Waals surface area contributed by atoms with Crippen LogP contribution in [0.3, 0.4) is 0 Å². The van der Waals surface area contributed by atoms with Crippen LogP contribution in [0.5, 0.6) is 0 Å². The Morgan fingerprint density at radius 3 is 2.97 bits per heavy atom. The van der Waals surface area contributed by atoms with Crippen LogP contribution in [0.4, 0.5) is 10.2 Å². The SMILES string of the molecule is O=C(NOC1CCCCO1)c1cnc2ccc(N3CCCC3c3cccc(F)c3)nn12. The van der Waals surface area contributed by atoms with E-state index in [1.54, 1.807) is 12.1 Å². The van der Waals surface area contributed by atoms with Gasteiger partial charge in [-0.15, -0.1) is 5.10 Å². The molecular formula is C22H24FN5O3. The van der Waals surface area contributed by atoms with Gasteiger partial charge in [-0.1, -0.05) is 12.1 Å². The number of rotatable bonds is 5. The van der Waals surface area contributed by atoms with Gasteiger partial charge in [0.25, 0.3) is 5.91 Å². The van der Waals surface area contributed by atoms with Gasteiger partial charge in [0.2, 0.25) is 0 Å². The fourth-order valence-electron chi connectivity index (χ4n) is 4.25. The van der Waals surface area contributed by atoms with Gasteiger partial charge >= 0.3 is 0 Å². The highest BCUT2D eigenvalue weighted by Gasteiger charge is 2.28. The van der Waals surface area contributed by atoms with Gasteiger partial charge in [0, 0.05) is 19.6 Å². The van der Waals surface area contributed by atoms with Crippen molar-refractivity contribution in [1.29, 1.82) is 0 Å². The number of amides is 1. The van der Waals surface area contributed by atoms with Crippen molar-refractivity contribution in [2.24, 2.45) is 0 Å². The highest BCUT2D eigenvalue weighted by atomic mass is 19.1. The zero-order valence-corrected chi connectivity index (χ0v) is 17.0. The Bertz CT molecular complexity index is 1080. The van der Waals surface area contributed by atoms with Crippen molar-refractivity contribution in [3.05, 3.63) is 59.7 Å². The van der Waals surface area contributed by atoms with Crippen LogP contribution in [-0.2, 0) is 9.57 Å². The summed E-state index contributed by atoms with van der Waals surface area (Å²) in [6.45, 7) is 1.43. The number of aromatic nitrogens is 3. The number of halogens is 1. The number of ether oxygens (including phenoxy) is 1. The first-order valence-corrected chi connectivity index (χ1v) is 10.6. The molecule has 0 aliphatic carbocycles. The number of hydroxylamine groups is 1. The molecule has 9 heteroatoms. The first-order chi connectivity index (χ1) is 15.2. The third-order valence-corrected chi connectivity index (χ3v) is 5.78. The lowest BCUT2D eigenvalue weighted by molar-refractivity contribution is -0.186. The fourth-order valence-corrected chi connectivity index (χ4v) is 4.25. The van der Waals surface area contributed by atoms with E-state index < -0.39 is 12.2 Å². The highest BCUT2D eigenvalue weighted by molar-refractivity contribution is 5.92. The zero-order valence-electron chi connectivity index (χ0n) is 17.0. The van der Waals surface area contributed by atoms with Gasteiger partial charge in [-0.05, 0) is 55.5 Å². The normalized spacial score (nSPS) is 21.5. The van der Waals surface area contributed by atoms with Crippen molar-refractivity contribution in [2.75, 3.05) is 18.1 Å². The van der Waals surface area contributed by atoms with Crippen LogP contribution >= 0.6 is 0 Å². The minimum Gasteiger partial charge on any atom is -0.350 e. The van der Waals surface area contributed by atoms with Crippen LogP contribution in [0.1, 0.15) is 54.2 Å². The Kier molecular flexibility index (Phi) is 5.52. The van der Waals surface area contributed by atoms with Gasteiger partial charge in [-0.3, -0.25) is 4.79 Å². The first-order valence-electron chi connectivity index (χ1n) is 10.6. The average Bonchev–Trinajstić information content (AvgIpc) is 3.45. The van der Waals surface area contributed by atoms with Crippen molar-refractivity contribution < 1.29 is 18.8 Å². The van der Waals surface area contributed by atoms with Crippen LogP contribution < -0.4 is 10.4 Å². The molecule has 2 fully saturated rings. The molecule has 2 aliphatic rings. The predicted molar refractivity (Wildman–Crippen MR) is 111 cm³/mol. The molecule has 8 nitrogen and oxygen atoms in total. The molecule has 2 saturated heterocycles. The minimum atomic E-state index is -0.436. The maximum Gasteiger partial charge on any atom is 0.295 e. The molecule has 0 bridgehead atoms. The summed E-state index contributed by atoms with van der Waals surface area (Å²) in [6, 6.07) is 10.4. The third kappa shape index (κ3) is 4.11. The van der Waals surface area contributed by atoms with Crippen molar-refractivity contribution in [1.82, 2.24) is 20.1 Å². The van der Waals surface area contributed by atoms with Gasteiger partial charge in [-0.2, -0.15) is 0 Å².